The molecule has 0 fully saturated rings. The highest BCUT2D eigenvalue weighted by molar-refractivity contribution is 5.94. The molecule has 0 aliphatic heterocycles. The Morgan fingerprint density at radius 1 is 0.833 bits per heavy atom. The van der Waals surface area contributed by atoms with Crippen LogP contribution in [0.5, 0.6) is 0 Å². The molecule has 0 bridgehead atoms. The van der Waals surface area contributed by atoms with Crippen LogP contribution in [0.1, 0.15) is 58.9 Å². The second kappa shape index (κ2) is 15.9. The van der Waals surface area contributed by atoms with E-state index in [9.17, 15) is 24.3 Å². The molecule has 0 radical (unpaired) electrons. The number of carbonyl (C=O) groups is 4. The topological polar surface area (TPSA) is 177 Å². The van der Waals surface area contributed by atoms with Crippen LogP contribution in [0.25, 0.3) is 0 Å². The molecule has 10 heteroatoms. The lowest BCUT2D eigenvalue weighted by atomic mass is 10.00. The van der Waals surface area contributed by atoms with Gasteiger partial charge >= 0.3 is 5.97 Å². The van der Waals surface area contributed by atoms with Gasteiger partial charge in [0.15, 0.2) is 0 Å². The number of carboxylic acid groups (broad SMARTS) is 1. The zero-order valence-electron chi connectivity index (χ0n) is 21.8. The summed E-state index contributed by atoms with van der Waals surface area (Å²) in [6.07, 6.45) is 2.01. The van der Waals surface area contributed by atoms with Gasteiger partial charge in [0.25, 0.3) is 0 Å². The number of carboxylic acids is 1. The van der Waals surface area contributed by atoms with Gasteiger partial charge in [-0.1, -0.05) is 58.0 Å². The monoisotopic (exact) mass is 505 g/mol. The molecular weight excluding hydrogens is 462 g/mol. The highest BCUT2D eigenvalue weighted by Gasteiger charge is 2.31. The number of benzene rings is 1. The van der Waals surface area contributed by atoms with E-state index in [1.54, 1.807) is 24.3 Å². The number of rotatable bonds is 16. The van der Waals surface area contributed by atoms with Crippen molar-refractivity contribution in [1.82, 2.24) is 16.0 Å². The molecule has 0 aromatic heterocycles. The first-order chi connectivity index (χ1) is 17.0. The van der Waals surface area contributed by atoms with E-state index in [0.29, 0.717) is 32.2 Å². The van der Waals surface area contributed by atoms with Crippen LogP contribution in [0.3, 0.4) is 0 Å². The van der Waals surface area contributed by atoms with Crippen molar-refractivity contribution in [3.05, 3.63) is 35.9 Å². The minimum atomic E-state index is -1.17. The van der Waals surface area contributed by atoms with Crippen LogP contribution in [0.4, 0.5) is 0 Å². The second-order valence-corrected chi connectivity index (χ2v) is 9.90. The van der Waals surface area contributed by atoms with Crippen molar-refractivity contribution in [3.8, 4) is 0 Å². The number of hydrogen-bond acceptors (Lipinski definition) is 6. The third kappa shape index (κ3) is 11.2. The molecule has 1 aromatic rings. The van der Waals surface area contributed by atoms with Crippen LogP contribution >= 0.6 is 0 Å². The average Bonchev–Trinajstić information content (AvgIpc) is 2.82. The Kier molecular flexibility index (Phi) is 13.7. The van der Waals surface area contributed by atoms with Crippen LogP contribution in [-0.4, -0.2) is 59.5 Å². The van der Waals surface area contributed by atoms with Crippen LogP contribution in [0.15, 0.2) is 30.3 Å². The molecule has 0 aliphatic carbocycles. The quantitative estimate of drug-likeness (QED) is 0.181. The Morgan fingerprint density at radius 2 is 1.39 bits per heavy atom. The number of aliphatic carboxylic acids is 1. The first kappa shape index (κ1) is 31.1. The first-order valence-electron chi connectivity index (χ1n) is 12.6. The summed E-state index contributed by atoms with van der Waals surface area (Å²) in [5.41, 5.74) is 12.3. The van der Waals surface area contributed by atoms with Crippen LogP contribution in [0, 0.1) is 11.8 Å². The number of amides is 3. The summed E-state index contributed by atoms with van der Waals surface area (Å²) in [6, 6.07) is 5.18. The van der Waals surface area contributed by atoms with Gasteiger partial charge in [0.2, 0.25) is 17.7 Å². The molecule has 0 saturated heterocycles. The molecule has 202 valence electrons. The standard InChI is InChI=1S/C26H43N5O5/c1-16(2)14-20(24(33)31-21(26(35)36)15-18-10-6-5-7-11-18)30-23(32)19(12-8-9-13-27)29-25(34)22(28)17(3)4/h5-7,10-11,16-17,19-22H,8-9,12-15,27-28H2,1-4H3,(H,29,34)(H,30,32)(H,31,33)(H,35,36). The SMILES string of the molecule is CC(C)CC(NC(=O)C(CCCCN)NC(=O)C(N)C(C)C)C(=O)NC(Cc1ccccc1)C(=O)O. The van der Waals surface area contributed by atoms with Gasteiger partial charge in [-0.2, -0.15) is 0 Å². The molecule has 10 nitrogen and oxygen atoms in total. The summed E-state index contributed by atoms with van der Waals surface area (Å²) in [5.74, 6) is -2.81. The Balaban J connectivity index is 3.00. The van der Waals surface area contributed by atoms with Crippen molar-refractivity contribution >= 4 is 23.7 Å². The van der Waals surface area contributed by atoms with Crippen LogP contribution < -0.4 is 27.4 Å². The molecule has 1 rings (SSSR count). The smallest absolute Gasteiger partial charge is 0.326 e. The van der Waals surface area contributed by atoms with E-state index < -0.39 is 47.9 Å². The van der Waals surface area contributed by atoms with Gasteiger partial charge in [0.1, 0.15) is 18.1 Å². The Labute approximate surface area is 213 Å². The number of hydrogen-bond donors (Lipinski definition) is 6. The fourth-order valence-corrected chi connectivity index (χ4v) is 3.63. The predicted octanol–water partition coefficient (Wildman–Crippen LogP) is 0.927. The number of nitrogens with one attached hydrogen (secondary N) is 3. The second-order valence-electron chi connectivity index (χ2n) is 9.90. The zero-order chi connectivity index (χ0) is 27.3. The number of carbonyl (C=O) groups excluding carboxylic acids is 3. The van der Waals surface area contributed by atoms with Gasteiger partial charge in [0.05, 0.1) is 6.04 Å². The van der Waals surface area contributed by atoms with Crippen molar-refractivity contribution in [3.63, 3.8) is 0 Å². The van der Waals surface area contributed by atoms with Crippen molar-refractivity contribution in [1.29, 1.82) is 0 Å². The first-order valence-corrected chi connectivity index (χ1v) is 12.6. The summed E-state index contributed by atoms with van der Waals surface area (Å²) >= 11 is 0. The van der Waals surface area contributed by atoms with Crippen molar-refractivity contribution < 1.29 is 24.3 Å². The summed E-state index contributed by atoms with van der Waals surface area (Å²) in [5, 5.41) is 17.7. The van der Waals surface area contributed by atoms with Gasteiger partial charge < -0.3 is 32.5 Å². The third-order valence-corrected chi connectivity index (χ3v) is 5.84. The van der Waals surface area contributed by atoms with E-state index in [4.69, 9.17) is 11.5 Å². The molecule has 0 spiro atoms. The minimum Gasteiger partial charge on any atom is -0.480 e. The third-order valence-electron chi connectivity index (χ3n) is 5.84. The van der Waals surface area contributed by atoms with E-state index in [-0.39, 0.29) is 18.3 Å². The molecule has 8 N–H and O–H groups in total. The number of unbranched alkanes of at least 4 members (excludes halogenated alkanes) is 1. The maximum Gasteiger partial charge on any atom is 0.326 e. The lowest BCUT2D eigenvalue weighted by Crippen LogP contribution is -2.57. The van der Waals surface area contributed by atoms with Crippen LogP contribution in [-0.2, 0) is 25.6 Å². The maximum atomic E-state index is 13.2. The van der Waals surface area contributed by atoms with Gasteiger partial charge in [-0.3, -0.25) is 14.4 Å². The molecule has 4 atom stereocenters. The molecule has 36 heavy (non-hydrogen) atoms. The minimum absolute atomic E-state index is 0.0399. The van der Waals surface area contributed by atoms with E-state index >= 15 is 0 Å². The number of nitrogens with two attached hydrogens (primary N) is 2. The zero-order valence-corrected chi connectivity index (χ0v) is 21.8. The van der Waals surface area contributed by atoms with Gasteiger partial charge in [-0.15, -0.1) is 0 Å². The molecule has 4 unspecified atom stereocenters. The van der Waals surface area contributed by atoms with E-state index in [1.165, 1.54) is 0 Å². The average molecular weight is 506 g/mol. The van der Waals surface area contributed by atoms with Gasteiger partial charge in [-0.05, 0) is 49.6 Å². The fourth-order valence-electron chi connectivity index (χ4n) is 3.63. The van der Waals surface area contributed by atoms with E-state index in [1.807, 2.05) is 33.8 Å². The molecule has 0 aliphatic rings. The Hall–Kier alpha value is -2.98. The highest BCUT2D eigenvalue weighted by atomic mass is 16.4. The van der Waals surface area contributed by atoms with E-state index in [0.717, 1.165) is 5.56 Å². The molecule has 0 saturated carbocycles. The van der Waals surface area contributed by atoms with E-state index in [2.05, 4.69) is 16.0 Å². The summed E-state index contributed by atoms with van der Waals surface area (Å²) < 4.78 is 0. The normalized spacial score (nSPS) is 14.6. The van der Waals surface area contributed by atoms with Crippen molar-refractivity contribution in [2.24, 2.45) is 23.3 Å². The lowest BCUT2D eigenvalue weighted by Gasteiger charge is -2.26. The lowest BCUT2D eigenvalue weighted by molar-refractivity contribution is -0.142. The summed E-state index contributed by atoms with van der Waals surface area (Å²) in [4.78, 5) is 50.7. The molecule has 0 heterocycles. The van der Waals surface area contributed by atoms with Gasteiger partial charge in [0, 0.05) is 6.42 Å². The molecule has 3 amide bonds. The fraction of sp³-hybridized carbons (Fsp3) is 0.615. The van der Waals surface area contributed by atoms with Crippen LogP contribution in [0.2, 0.25) is 0 Å². The summed E-state index contributed by atoms with van der Waals surface area (Å²) in [7, 11) is 0. The highest BCUT2D eigenvalue weighted by Crippen LogP contribution is 2.10. The van der Waals surface area contributed by atoms with Gasteiger partial charge in [-0.25, -0.2) is 4.79 Å². The predicted molar refractivity (Wildman–Crippen MR) is 139 cm³/mol. The molecular formula is C26H43N5O5. The summed E-state index contributed by atoms with van der Waals surface area (Å²) in [6.45, 7) is 7.86. The van der Waals surface area contributed by atoms with Crippen molar-refractivity contribution in [2.45, 2.75) is 84.0 Å². The molecule has 1 aromatic carbocycles. The Bertz CT molecular complexity index is 846. The van der Waals surface area contributed by atoms with Crippen molar-refractivity contribution in [2.75, 3.05) is 6.54 Å². The largest absolute Gasteiger partial charge is 0.480 e. The maximum absolute atomic E-state index is 13.2. The Morgan fingerprint density at radius 3 is 1.92 bits per heavy atom.